The van der Waals surface area contributed by atoms with Crippen LogP contribution in [-0.2, 0) is 30.0 Å². The minimum Gasteiger partial charge on any atom is -0.462 e. The van der Waals surface area contributed by atoms with Crippen molar-refractivity contribution in [3.63, 3.8) is 0 Å². The standard InChI is InChI=1S/C30H41N6O6P/c1-6-8-11-22(18-40-43(38,42-23-14-16-32-17-15-23)35-21(5)30(37)41-20(3)4)36-26(19-39-7-2)34-27-28(36)24-12-9-10-13-25(24)33-29(27)31/h9-10,12-17,20-22H,6-8,11,18-19H2,1-5H3,(H2,31,33)(H,35,38)/t21-,22+,43?/m0/s1. The largest absolute Gasteiger partial charge is 0.462 e. The van der Waals surface area contributed by atoms with Crippen molar-refractivity contribution in [3.05, 3.63) is 54.6 Å². The lowest BCUT2D eigenvalue weighted by Gasteiger charge is -2.27. The minimum absolute atomic E-state index is 0.0253. The third-order valence-electron chi connectivity index (χ3n) is 6.69. The van der Waals surface area contributed by atoms with E-state index < -0.39 is 19.8 Å². The maximum atomic E-state index is 14.3. The fourth-order valence-electron chi connectivity index (χ4n) is 4.72. The first kappa shape index (κ1) is 32.3. The number of rotatable bonds is 16. The third-order valence-corrected chi connectivity index (χ3v) is 8.33. The van der Waals surface area contributed by atoms with Gasteiger partial charge in [0.05, 0.1) is 29.8 Å². The second-order valence-electron chi connectivity index (χ2n) is 10.4. The van der Waals surface area contributed by atoms with Crippen LogP contribution in [0.1, 0.15) is 65.7 Å². The number of benzene rings is 1. The summed E-state index contributed by atoms with van der Waals surface area (Å²) in [6.07, 6.45) is 5.16. The summed E-state index contributed by atoms with van der Waals surface area (Å²) in [6, 6.07) is 9.55. The Balaban J connectivity index is 1.76. The molecule has 0 aliphatic carbocycles. The zero-order chi connectivity index (χ0) is 31.0. The number of carbonyl (C=O) groups is 1. The number of anilines is 1. The highest BCUT2D eigenvalue weighted by Gasteiger charge is 2.34. The molecule has 1 unspecified atom stereocenters. The average Bonchev–Trinajstić information content (AvgIpc) is 3.36. The van der Waals surface area contributed by atoms with Gasteiger partial charge in [0.2, 0.25) is 0 Å². The lowest BCUT2D eigenvalue weighted by atomic mass is 10.1. The van der Waals surface area contributed by atoms with Gasteiger partial charge in [-0.25, -0.2) is 14.5 Å². The Labute approximate surface area is 251 Å². The summed E-state index contributed by atoms with van der Waals surface area (Å²) in [6.45, 7) is 9.77. The topological polar surface area (TPSA) is 153 Å². The van der Waals surface area contributed by atoms with Gasteiger partial charge in [0.1, 0.15) is 29.7 Å². The Hall–Kier alpha value is -3.57. The number of nitrogens with two attached hydrogens (primary N) is 1. The number of unbranched alkanes of at least 4 members (excludes halogenated alkanes) is 1. The van der Waals surface area contributed by atoms with Crippen LogP contribution < -0.4 is 15.3 Å². The Kier molecular flexibility index (Phi) is 11.1. The van der Waals surface area contributed by atoms with Crippen molar-refractivity contribution in [2.75, 3.05) is 18.9 Å². The van der Waals surface area contributed by atoms with Crippen molar-refractivity contribution >= 4 is 41.5 Å². The van der Waals surface area contributed by atoms with Gasteiger partial charge in [0, 0.05) is 24.4 Å². The van der Waals surface area contributed by atoms with E-state index in [0.29, 0.717) is 30.2 Å². The first-order valence-corrected chi connectivity index (χ1v) is 16.1. The fourth-order valence-corrected chi connectivity index (χ4v) is 6.25. The van der Waals surface area contributed by atoms with E-state index in [-0.39, 0.29) is 31.1 Å². The van der Waals surface area contributed by atoms with E-state index in [4.69, 9.17) is 29.2 Å². The number of nitrogens with zero attached hydrogens (tertiary/aromatic N) is 4. The van der Waals surface area contributed by atoms with Gasteiger partial charge in [-0.3, -0.25) is 14.3 Å². The molecule has 0 amide bonds. The van der Waals surface area contributed by atoms with Gasteiger partial charge in [-0.2, -0.15) is 5.09 Å². The summed E-state index contributed by atoms with van der Waals surface area (Å²) in [5.41, 5.74) is 8.50. The number of fused-ring (bicyclic) bond motifs is 3. The van der Waals surface area contributed by atoms with Crippen LogP contribution >= 0.6 is 7.75 Å². The molecule has 232 valence electrons. The van der Waals surface area contributed by atoms with Crippen molar-refractivity contribution in [1.82, 2.24) is 24.6 Å². The predicted octanol–water partition coefficient (Wildman–Crippen LogP) is 5.96. The minimum atomic E-state index is -4.12. The molecule has 0 radical (unpaired) electrons. The first-order chi connectivity index (χ1) is 20.7. The lowest BCUT2D eigenvalue weighted by Crippen LogP contribution is -2.36. The van der Waals surface area contributed by atoms with Crippen LogP contribution in [0, 0.1) is 0 Å². The number of imidazole rings is 1. The molecule has 0 aliphatic heterocycles. The lowest BCUT2D eigenvalue weighted by molar-refractivity contribution is -0.149. The Morgan fingerprint density at radius 1 is 1.09 bits per heavy atom. The van der Waals surface area contributed by atoms with E-state index in [1.54, 1.807) is 32.9 Å². The summed E-state index contributed by atoms with van der Waals surface area (Å²) in [5, 5.41) is 3.64. The maximum Gasteiger partial charge on any atom is 0.459 e. The highest BCUT2D eigenvalue weighted by Crippen LogP contribution is 2.46. The Bertz CT molecular complexity index is 1560. The van der Waals surface area contributed by atoms with E-state index in [1.807, 2.05) is 31.2 Å². The molecule has 0 fully saturated rings. The Morgan fingerprint density at radius 3 is 2.53 bits per heavy atom. The van der Waals surface area contributed by atoms with Gasteiger partial charge in [0.25, 0.3) is 0 Å². The Morgan fingerprint density at radius 2 is 1.84 bits per heavy atom. The van der Waals surface area contributed by atoms with Gasteiger partial charge in [-0.05, 0) is 52.3 Å². The van der Waals surface area contributed by atoms with Crippen molar-refractivity contribution in [3.8, 4) is 5.75 Å². The molecule has 3 aromatic heterocycles. The highest BCUT2D eigenvalue weighted by atomic mass is 31.2. The molecule has 0 bridgehead atoms. The van der Waals surface area contributed by atoms with Gasteiger partial charge in [-0.1, -0.05) is 38.0 Å². The van der Waals surface area contributed by atoms with E-state index in [1.165, 1.54) is 12.4 Å². The molecule has 12 nitrogen and oxygen atoms in total. The highest BCUT2D eigenvalue weighted by molar-refractivity contribution is 7.52. The number of nitrogens with one attached hydrogen (secondary N) is 1. The molecule has 0 saturated heterocycles. The SMILES string of the molecule is CCCC[C@H](COP(=O)(N[C@@H](C)C(=O)OC(C)C)Oc1ccncc1)n1c(COCC)nc2c(N)nc3ccccc3c21. The fraction of sp³-hybridized carbons (Fsp3) is 0.467. The molecule has 43 heavy (non-hydrogen) atoms. The zero-order valence-corrected chi connectivity index (χ0v) is 26.3. The van der Waals surface area contributed by atoms with Gasteiger partial charge < -0.3 is 24.3 Å². The first-order valence-electron chi connectivity index (χ1n) is 14.6. The summed E-state index contributed by atoms with van der Waals surface area (Å²) in [7, 11) is -4.12. The molecule has 0 spiro atoms. The molecular formula is C30H41N6O6P. The quantitative estimate of drug-likeness (QED) is 0.114. The van der Waals surface area contributed by atoms with Crippen LogP contribution in [-0.4, -0.2) is 50.8 Å². The van der Waals surface area contributed by atoms with Gasteiger partial charge in [0.15, 0.2) is 5.82 Å². The second kappa shape index (κ2) is 14.7. The van der Waals surface area contributed by atoms with Crippen molar-refractivity contribution in [1.29, 1.82) is 0 Å². The number of nitrogen functional groups attached to an aromatic ring is 1. The number of esters is 1. The molecule has 4 aromatic rings. The number of carbonyl (C=O) groups excluding carboxylic acids is 1. The summed E-state index contributed by atoms with van der Waals surface area (Å²) >= 11 is 0. The molecule has 13 heteroatoms. The van der Waals surface area contributed by atoms with Crippen LogP contribution in [0.4, 0.5) is 5.82 Å². The summed E-state index contributed by atoms with van der Waals surface area (Å²) < 4.78 is 39.4. The van der Waals surface area contributed by atoms with Crippen LogP contribution in [0.5, 0.6) is 5.75 Å². The van der Waals surface area contributed by atoms with Crippen LogP contribution in [0.2, 0.25) is 0 Å². The van der Waals surface area contributed by atoms with Crippen LogP contribution in [0.25, 0.3) is 21.9 Å². The van der Waals surface area contributed by atoms with E-state index >= 15 is 0 Å². The smallest absolute Gasteiger partial charge is 0.459 e. The second-order valence-corrected chi connectivity index (χ2v) is 12.1. The number of para-hydroxylation sites is 1. The van der Waals surface area contributed by atoms with Crippen molar-refractivity contribution < 1.29 is 27.9 Å². The zero-order valence-electron chi connectivity index (χ0n) is 25.4. The number of pyridine rings is 2. The molecule has 3 N–H and O–H groups in total. The molecule has 3 heterocycles. The maximum absolute atomic E-state index is 14.3. The average molecular weight is 613 g/mol. The van der Waals surface area contributed by atoms with Crippen molar-refractivity contribution in [2.45, 2.75) is 78.7 Å². The summed E-state index contributed by atoms with van der Waals surface area (Å²) in [5.74, 6) is 0.661. The number of hydrogen-bond acceptors (Lipinski definition) is 10. The van der Waals surface area contributed by atoms with Crippen LogP contribution in [0.15, 0.2) is 48.8 Å². The molecule has 0 aliphatic rings. The molecule has 4 rings (SSSR count). The van der Waals surface area contributed by atoms with E-state index in [2.05, 4.69) is 26.5 Å². The normalized spacial score (nSPS) is 14.6. The predicted molar refractivity (Wildman–Crippen MR) is 166 cm³/mol. The number of aromatic nitrogens is 4. The van der Waals surface area contributed by atoms with Crippen LogP contribution in [0.3, 0.4) is 0 Å². The van der Waals surface area contributed by atoms with E-state index in [0.717, 1.165) is 29.3 Å². The number of hydrogen-bond donors (Lipinski definition) is 2. The molecule has 3 atom stereocenters. The third kappa shape index (κ3) is 8.08. The molecule has 0 saturated carbocycles. The van der Waals surface area contributed by atoms with Gasteiger partial charge in [-0.15, -0.1) is 0 Å². The molecule has 1 aromatic carbocycles. The number of ether oxygens (including phenoxy) is 2. The molecular weight excluding hydrogens is 571 g/mol. The summed E-state index contributed by atoms with van der Waals surface area (Å²) in [4.78, 5) is 26.0. The van der Waals surface area contributed by atoms with E-state index in [9.17, 15) is 9.36 Å². The monoisotopic (exact) mass is 612 g/mol. The van der Waals surface area contributed by atoms with Crippen molar-refractivity contribution in [2.24, 2.45) is 0 Å². The van der Waals surface area contributed by atoms with Gasteiger partial charge >= 0.3 is 13.7 Å².